The molecule has 2 amide bonds. The molecule has 98 valence electrons. The Kier molecular flexibility index (Phi) is 5.58. The summed E-state index contributed by atoms with van der Waals surface area (Å²) in [5, 5.41) is 12.1. The Bertz CT molecular complexity index is 275. The lowest BCUT2D eigenvalue weighted by Crippen LogP contribution is -2.39. The van der Waals surface area contributed by atoms with E-state index in [0.29, 0.717) is 12.5 Å². The maximum Gasteiger partial charge on any atom is 0.246 e. The Morgan fingerprint density at radius 3 is 2.65 bits per heavy atom. The molecule has 0 aromatic heterocycles. The molecule has 1 aliphatic heterocycles. The van der Waals surface area contributed by atoms with Gasteiger partial charge in [-0.3, -0.25) is 14.5 Å². The van der Waals surface area contributed by atoms with Crippen molar-refractivity contribution in [3.63, 3.8) is 0 Å². The molecule has 2 atom stereocenters. The number of hydrogen-bond donors (Lipinski definition) is 2. The van der Waals surface area contributed by atoms with Crippen LogP contribution >= 0.6 is 0 Å². The van der Waals surface area contributed by atoms with Gasteiger partial charge in [0, 0.05) is 13.7 Å². The zero-order chi connectivity index (χ0) is 12.8. The molecule has 0 saturated carbocycles. The minimum Gasteiger partial charge on any atom is -0.396 e. The van der Waals surface area contributed by atoms with E-state index in [-0.39, 0.29) is 30.9 Å². The van der Waals surface area contributed by atoms with Crippen LogP contribution in [-0.2, 0) is 9.59 Å². The highest BCUT2D eigenvalue weighted by molar-refractivity contribution is 6.05. The number of nitrogens with zero attached hydrogens (tertiary/aromatic N) is 1. The lowest BCUT2D eigenvalue weighted by Gasteiger charge is -2.18. The van der Waals surface area contributed by atoms with E-state index in [1.165, 1.54) is 11.9 Å². The number of aliphatic hydroxyl groups excluding tert-OH is 1. The van der Waals surface area contributed by atoms with E-state index in [9.17, 15) is 9.59 Å². The molecule has 17 heavy (non-hydrogen) atoms. The van der Waals surface area contributed by atoms with E-state index < -0.39 is 0 Å². The highest BCUT2D eigenvalue weighted by atomic mass is 16.3. The lowest BCUT2D eigenvalue weighted by atomic mass is 10.00. The largest absolute Gasteiger partial charge is 0.396 e. The molecule has 0 radical (unpaired) electrons. The van der Waals surface area contributed by atoms with Crippen molar-refractivity contribution in [2.45, 2.75) is 38.6 Å². The van der Waals surface area contributed by atoms with Crippen LogP contribution in [0.2, 0.25) is 0 Å². The van der Waals surface area contributed by atoms with Crippen LogP contribution in [0.3, 0.4) is 0 Å². The number of carbonyl (C=O) groups excluding carboxylic acids is 2. The van der Waals surface area contributed by atoms with E-state index in [0.717, 1.165) is 19.3 Å². The summed E-state index contributed by atoms with van der Waals surface area (Å²) >= 11 is 0. The van der Waals surface area contributed by atoms with Crippen LogP contribution in [0.5, 0.6) is 0 Å². The third kappa shape index (κ3) is 3.78. The molecular weight excluding hydrogens is 220 g/mol. The maximum atomic E-state index is 11.6. The molecule has 1 aliphatic rings. The van der Waals surface area contributed by atoms with Gasteiger partial charge in [-0.2, -0.15) is 0 Å². The monoisotopic (exact) mass is 242 g/mol. The minimum absolute atomic E-state index is 0.123. The summed E-state index contributed by atoms with van der Waals surface area (Å²) < 4.78 is 0. The topological polar surface area (TPSA) is 69.6 Å². The van der Waals surface area contributed by atoms with E-state index in [1.54, 1.807) is 0 Å². The van der Waals surface area contributed by atoms with Crippen LogP contribution in [0.1, 0.15) is 32.6 Å². The predicted octanol–water partition coefficient (Wildman–Crippen LogP) is 0.132. The molecule has 1 heterocycles. The summed E-state index contributed by atoms with van der Waals surface area (Å²) in [6.07, 6.45) is 3.08. The van der Waals surface area contributed by atoms with Crippen molar-refractivity contribution in [2.75, 3.05) is 20.2 Å². The number of imide groups is 1. The second-order valence-corrected chi connectivity index (χ2v) is 4.62. The first-order valence-electron chi connectivity index (χ1n) is 6.24. The smallest absolute Gasteiger partial charge is 0.246 e. The number of aliphatic hydroxyl groups is 1. The standard InChI is InChI=1S/C12H22N2O3/c1-3-4-9(5-6-15)8-13-10-7-11(16)14(2)12(10)17/h9-10,13,15H,3-8H2,1-2H3. The summed E-state index contributed by atoms with van der Waals surface area (Å²) in [6.45, 7) is 2.96. The van der Waals surface area contributed by atoms with Crippen molar-refractivity contribution < 1.29 is 14.7 Å². The molecule has 0 bridgehead atoms. The van der Waals surface area contributed by atoms with E-state index in [2.05, 4.69) is 12.2 Å². The van der Waals surface area contributed by atoms with Crippen LogP contribution in [-0.4, -0.2) is 48.1 Å². The van der Waals surface area contributed by atoms with Crippen molar-refractivity contribution in [3.8, 4) is 0 Å². The van der Waals surface area contributed by atoms with Gasteiger partial charge in [-0.15, -0.1) is 0 Å². The fourth-order valence-corrected chi connectivity index (χ4v) is 2.16. The first kappa shape index (κ1) is 14.1. The molecule has 0 aromatic rings. The summed E-state index contributed by atoms with van der Waals surface area (Å²) in [6, 6.07) is -0.370. The van der Waals surface area contributed by atoms with E-state index in [1.807, 2.05) is 0 Å². The van der Waals surface area contributed by atoms with Crippen LogP contribution in [0.4, 0.5) is 0 Å². The first-order valence-corrected chi connectivity index (χ1v) is 6.24. The minimum atomic E-state index is -0.370. The second kappa shape index (κ2) is 6.71. The quantitative estimate of drug-likeness (QED) is 0.623. The first-order chi connectivity index (χ1) is 8.10. The number of amides is 2. The Morgan fingerprint density at radius 2 is 2.18 bits per heavy atom. The van der Waals surface area contributed by atoms with Crippen molar-refractivity contribution >= 4 is 11.8 Å². The zero-order valence-electron chi connectivity index (χ0n) is 10.6. The van der Waals surface area contributed by atoms with E-state index in [4.69, 9.17) is 5.11 Å². The van der Waals surface area contributed by atoms with E-state index >= 15 is 0 Å². The molecule has 1 saturated heterocycles. The summed E-state index contributed by atoms with van der Waals surface area (Å²) in [7, 11) is 1.52. The van der Waals surface area contributed by atoms with Crippen molar-refractivity contribution in [1.82, 2.24) is 10.2 Å². The van der Waals surface area contributed by atoms with Gasteiger partial charge in [0.05, 0.1) is 12.5 Å². The Labute approximate surface area is 102 Å². The van der Waals surface area contributed by atoms with Crippen LogP contribution in [0, 0.1) is 5.92 Å². The fourth-order valence-electron chi connectivity index (χ4n) is 2.16. The third-order valence-electron chi connectivity index (χ3n) is 3.27. The highest BCUT2D eigenvalue weighted by Gasteiger charge is 2.35. The average molecular weight is 242 g/mol. The van der Waals surface area contributed by atoms with Crippen LogP contribution in [0.25, 0.3) is 0 Å². The lowest BCUT2D eigenvalue weighted by molar-refractivity contribution is -0.137. The van der Waals surface area contributed by atoms with Gasteiger partial charge < -0.3 is 10.4 Å². The van der Waals surface area contributed by atoms with Gasteiger partial charge in [-0.1, -0.05) is 13.3 Å². The van der Waals surface area contributed by atoms with Crippen molar-refractivity contribution in [2.24, 2.45) is 5.92 Å². The number of nitrogens with one attached hydrogen (secondary N) is 1. The van der Waals surface area contributed by atoms with Gasteiger partial charge in [0.25, 0.3) is 0 Å². The maximum absolute atomic E-state index is 11.6. The molecular formula is C12H22N2O3. The second-order valence-electron chi connectivity index (χ2n) is 4.62. The van der Waals surface area contributed by atoms with Gasteiger partial charge in [0.15, 0.2) is 0 Å². The highest BCUT2D eigenvalue weighted by Crippen LogP contribution is 2.13. The molecule has 0 aliphatic carbocycles. The molecule has 5 heteroatoms. The third-order valence-corrected chi connectivity index (χ3v) is 3.27. The van der Waals surface area contributed by atoms with Crippen molar-refractivity contribution in [1.29, 1.82) is 0 Å². The zero-order valence-corrected chi connectivity index (χ0v) is 10.6. The van der Waals surface area contributed by atoms with Crippen LogP contribution < -0.4 is 5.32 Å². The SMILES string of the molecule is CCCC(CCO)CNC1CC(=O)N(C)C1=O. The molecule has 1 rings (SSSR count). The summed E-state index contributed by atoms with van der Waals surface area (Å²) in [5.74, 6) is 0.106. The molecule has 2 unspecified atom stereocenters. The van der Waals surface area contributed by atoms with Gasteiger partial charge in [-0.25, -0.2) is 0 Å². The van der Waals surface area contributed by atoms with Gasteiger partial charge in [0.2, 0.25) is 11.8 Å². The Morgan fingerprint density at radius 1 is 1.47 bits per heavy atom. The summed E-state index contributed by atoms with van der Waals surface area (Å²) in [5.41, 5.74) is 0. The molecule has 0 aromatic carbocycles. The van der Waals surface area contributed by atoms with Gasteiger partial charge >= 0.3 is 0 Å². The number of rotatable bonds is 7. The molecule has 5 nitrogen and oxygen atoms in total. The predicted molar refractivity (Wildman–Crippen MR) is 64.3 cm³/mol. The number of carbonyl (C=O) groups is 2. The number of likely N-dealkylation sites (tertiary alicyclic amines) is 1. The molecule has 2 N–H and O–H groups in total. The molecule has 0 spiro atoms. The Hall–Kier alpha value is -0.940. The van der Waals surface area contributed by atoms with Crippen LogP contribution in [0.15, 0.2) is 0 Å². The fraction of sp³-hybridized carbons (Fsp3) is 0.833. The number of likely N-dealkylation sites (N-methyl/N-ethyl adjacent to an activating group) is 1. The van der Waals surface area contributed by atoms with Gasteiger partial charge in [-0.05, 0) is 25.3 Å². The van der Waals surface area contributed by atoms with Gasteiger partial charge in [0.1, 0.15) is 0 Å². The number of hydrogen-bond acceptors (Lipinski definition) is 4. The summed E-state index contributed by atoms with van der Waals surface area (Å²) in [4.78, 5) is 24.1. The average Bonchev–Trinajstić information content (AvgIpc) is 2.54. The Balaban J connectivity index is 2.39. The normalized spacial score (nSPS) is 22.3. The van der Waals surface area contributed by atoms with Crippen molar-refractivity contribution in [3.05, 3.63) is 0 Å². The molecule has 1 fully saturated rings.